The van der Waals surface area contributed by atoms with E-state index in [2.05, 4.69) is 5.32 Å². The second-order valence-electron chi connectivity index (χ2n) is 4.19. The highest BCUT2D eigenvalue weighted by Gasteiger charge is 2.17. The van der Waals surface area contributed by atoms with Crippen molar-refractivity contribution in [3.8, 4) is 0 Å². The van der Waals surface area contributed by atoms with E-state index >= 15 is 0 Å². The molecule has 0 spiro atoms. The van der Waals surface area contributed by atoms with Gasteiger partial charge in [0.25, 0.3) is 0 Å². The van der Waals surface area contributed by atoms with Crippen LogP contribution in [-0.4, -0.2) is 29.4 Å². The lowest BCUT2D eigenvalue weighted by molar-refractivity contribution is -0.127. The minimum absolute atomic E-state index is 0.00232. The van der Waals surface area contributed by atoms with Crippen molar-refractivity contribution in [3.05, 3.63) is 0 Å². The summed E-state index contributed by atoms with van der Waals surface area (Å²) in [6.07, 6.45) is 1.39. The first-order valence-corrected chi connectivity index (χ1v) is 5.38. The van der Waals surface area contributed by atoms with Gasteiger partial charge in [-0.05, 0) is 25.7 Å². The normalized spacial score (nSPS) is 12.6. The Bertz CT molecular complexity index is 214. The Balaban J connectivity index is 4.05. The lowest BCUT2D eigenvalue weighted by Crippen LogP contribution is -2.40. The minimum Gasteiger partial charge on any atom is -0.396 e. The molecule has 0 heterocycles. The Hall–Kier alpha value is -0.900. The summed E-state index contributed by atoms with van der Waals surface area (Å²) in [5.41, 5.74) is 0. The van der Waals surface area contributed by atoms with E-state index in [0.717, 1.165) is 0 Å². The average molecular weight is 215 g/mol. The summed E-state index contributed by atoms with van der Waals surface area (Å²) in [6, 6.07) is -0.379. The van der Waals surface area contributed by atoms with Crippen molar-refractivity contribution >= 4 is 11.7 Å². The van der Waals surface area contributed by atoms with E-state index < -0.39 is 0 Å². The van der Waals surface area contributed by atoms with Crippen LogP contribution in [0, 0.1) is 5.92 Å². The first kappa shape index (κ1) is 14.1. The molecular weight excluding hydrogens is 194 g/mol. The van der Waals surface area contributed by atoms with Gasteiger partial charge in [-0.25, -0.2) is 0 Å². The Kier molecular flexibility index (Phi) is 6.96. The highest BCUT2D eigenvalue weighted by molar-refractivity contribution is 5.87. The molecule has 0 aliphatic heterocycles. The van der Waals surface area contributed by atoms with Crippen molar-refractivity contribution in [2.75, 3.05) is 6.61 Å². The van der Waals surface area contributed by atoms with E-state index in [1.165, 1.54) is 6.92 Å². The molecule has 0 saturated carbocycles. The molecule has 1 unspecified atom stereocenters. The third kappa shape index (κ3) is 7.08. The molecule has 0 rings (SSSR count). The van der Waals surface area contributed by atoms with Gasteiger partial charge in [-0.15, -0.1) is 0 Å². The standard InChI is InChI=1S/C11H21NO3/c1-8(2)7-10(9(3)14)12-11(15)5-4-6-13/h8,10,13H,4-7H2,1-3H3,(H,12,15). The molecule has 0 radical (unpaired) electrons. The van der Waals surface area contributed by atoms with E-state index in [-0.39, 0.29) is 30.8 Å². The van der Waals surface area contributed by atoms with Gasteiger partial charge in [0.05, 0.1) is 6.04 Å². The van der Waals surface area contributed by atoms with Gasteiger partial charge in [0, 0.05) is 13.0 Å². The van der Waals surface area contributed by atoms with E-state index in [1.54, 1.807) is 0 Å². The summed E-state index contributed by atoms with van der Waals surface area (Å²) >= 11 is 0. The zero-order valence-corrected chi connectivity index (χ0v) is 9.75. The van der Waals surface area contributed by atoms with Gasteiger partial charge >= 0.3 is 0 Å². The van der Waals surface area contributed by atoms with Crippen LogP contribution in [0.15, 0.2) is 0 Å². The van der Waals surface area contributed by atoms with Crippen molar-refractivity contribution < 1.29 is 14.7 Å². The average Bonchev–Trinajstić information content (AvgIpc) is 2.12. The first-order chi connectivity index (χ1) is 6.97. The first-order valence-electron chi connectivity index (χ1n) is 5.38. The van der Waals surface area contributed by atoms with Crippen LogP contribution in [0.5, 0.6) is 0 Å². The lowest BCUT2D eigenvalue weighted by atomic mass is 10.0. The maximum atomic E-state index is 11.3. The predicted molar refractivity (Wildman–Crippen MR) is 58.4 cm³/mol. The summed E-state index contributed by atoms with van der Waals surface area (Å²) in [4.78, 5) is 22.5. The van der Waals surface area contributed by atoms with Crippen LogP contribution in [0.3, 0.4) is 0 Å². The SMILES string of the molecule is CC(=O)C(CC(C)C)NC(=O)CCCO. The van der Waals surface area contributed by atoms with Crippen molar-refractivity contribution in [2.45, 2.75) is 46.1 Å². The van der Waals surface area contributed by atoms with Crippen molar-refractivity contribution in [1.29, 1.82) is 0 Å². The fourth-order valence-corrected chi connectivity index (χ4v) is 1.30. The molecule has 0 bridgehead atoms. The highest BCUT2D eigenvalue weighted by atomic mass is 16.3. The molecule has 1 amide bonds. The molecule has 0 aromatic rings. The van der Waals surface area contributed by atoms with Crippen LogP contribution in [0.1, 0.15) is 40.0 Å². The van der Waals surface area contributed by atoms with Crippen molar-refractivity contribution in [2.24, 2.45) is 5.92 Å². The van der Waals surface area contributed by atoms with E-state index in [1.807, 2.05) is 13.8 Å². The predicted octanol–water partition coefficient (Wildman–Crippen LogP) is 0.879. The molecule has 2 N–H and O–H groups in total. The Morgan fingerprint density at radius 2 is 1.93 bits per heavy atom. The van der Waals surface area contributed by atoms with Gasteiger partial charge < -0.3 is 10.4 Å². The van der Waals surface area contributed by atoms with Gasteiger partial charge in [0.2, 0.25) is 5.91 Å². The molecule has 0 saturated heterocycles. The largest absolute Gasteiger partial charge is 0.396 e. The van der Waals surface area contributed by atoms with Crippen molar-refractivity contribution in [3.63, 3.8) is 0 Å². The molecule has 0 aliphatic carbocycles. The number of carbonyl (C=O) groups is 2. The number of Topliss-reactive ketones (excluding diaryl/α,β-unsaturated/α-hetero) is 1. The number of carbonyl (C=O) groups excluding carboxylic acids is 2. The molecule has 4 heteroatoms. The number of hydrogen-bond donors (Lipinski definition) is 2. The molecule has 1 atom stereocenters. The van der Waals surface area contributed by atoms with Gasteiger partial charge in [0.1, 0.15) is 0 Å². The molecule has 0 fully saturated rings. The van der Waals surface area contributed by atoms with Crippen LogP contribution in [0.4, 0.5) is 0 Å². The van der Waals surface area contributed by atoms with Gasteiger partial charge in [-0.2, -0.15) is 0 Å². The molecule has 4 nitrogen and oxygen atoms in total. The summed E-state index contributed by atoms with van der Waals surface area (Å²) < 4.78 is 0. The van der Waals surface area contributed by atoms with Gasteiger partial charge in [0.15, 0.2) is 5.78 Å². The Morgan fingerprint density at radius 1 is 1.33 bits per heavy atom. The molecule has 88 valence electrons. The molecular formula is C11H21NO3. The number of amides is 1. The summed E-state index contributed by atoms with van der Waals surface area (Å²) in [5.74, 6) is 0.197. The molecule has 0 aliphatic rings. The zero-order chi connectivity index (χ0) is 11.8. The Morgan fingerprint density at radius 3 is 2.33 bits per heavy atom. The summed E-state index contributed by atoms with van der Waals surface area (Å²) in [7, 11) is 0. The van der Waals surface area contributed by atoms with Crippen LogP contribution < -0.4 is 5.32 Å². The Labute approximate surface area is 91.1 Å². The topological polar surface area (TPSA) is 66.4 Å². The van der Waals surface area contributed by atoms with Crippen LogP contribution in [0.25, 0.3) is 0 Å². The summed E-state index contributed by atoms with van der Waals surface area (Å²) in [5, 5.41) is 11.2. The number of nitrogens with one attached hydrogen (secondary N) is 1. The fraction of sp³-hybridized carbons (Fsp3) is 0.818. The van der Waals surface area contributed by atoms with Gasteiger partial charge in [-0.1, -0.05) is 13.8 Å². The smallest absolute Gasteiger partial charge is 0.220 e. The number of hydrogen-bond acceptors (Lipinski definition) is 3. The van der Waals surface area contributed by atoms with E-state index in [0.29, 0.717) is 18.8 Å². The van der Waals surface area contributed by atoms with E-state index in [9.17, 15) is 9.59 Å². The zero-order valence-electron chi connectivity index (χ0n) is 9.75. The number of aliphatic hydroxyl groups excluding tert-OH is 1. The summed E-state index contributed by atoms with van der Waals surface area (Å²) in [6.45, 7) is 5.51. The van der Waals surface area contributed by atoms with Crippen LogP contribution in [-0.2, 0) is 9.59 Å². The quantitative estimate of drug-likeness (QED) is 0.662. The second kappa shape index (κ2) is 7.40. The molecule has 15 heavy (non-hydrogen) atoms. The lowest BCUT2D eigenvalue weighted by Gasteiger charge is -2.17. The molecule has 0 aromatic heterocycles. The molecule has 0 aromatic carbocycles. The van der Waals surface area contributed by atoms with Gasteiger partial charge in [-0.3, -0.25) is 9.59 Å². The van der Waals surface area contributed by atoms with Crippen LogP contribution >= 0.6 is 0 Å². The fourth-order valence-electron chi connectivity index (χ4n) is 1.30. The number of rotatable bonds is 7. The van der Waals surface area contributed by atoms with Crippen LogP contribution in [0.2, 0.25) is 0 Å². The number of aliphatic hydroxyl groups is 1. The maximum absolute atomic E-state index is 11.3. The monoisotopic (exact) mass is 215 g/mol. The van der Waals surface area contributed by atoms with E-state index in [4.69, 9.17) is 5.11 Å². The highest BCUT2D eigenvalue weighted by Crippen LogP contribution is 2.06. The second-order valence-corrected chi connectivity index (χ2v) is 4.19. The maximum Gasteiger partial charge on any atom is 0.220 e. The third-order valence-corrected chi connectivity index (χ3v) is 2.09. The van der Waals surface area contributed by atoms with Crippen molar-refractivity contribution in [1.82, 2.24) is 5.32 Å². The third-order valence-electron chi connectivity index (χ3n) is 2.09. The minimum atomic E-state index is -0.379. The number of ketones is 1.